The standard InChI is InChI=1S/C9H21NO2/c1-2-5-10(6-3-8-11)7-4-9-12/h11-12H,2-9H2,1H3. The van der Waals surface area contributed by atoms with Gasteiger partial charge in [-0.25, -0.2) is 0 Å². The van der Waals surface area contributed by atoms with Gasteiger partial charge in [0.2, 0.25) is 0 Å². The highest BCUT2D eigenvalue weighted by Crippen LogP contribution is 1.95. The number of rotatable bonds is 8. The number of aliphatic hydroxyl groups is 2. The summed E-state index contributed by atoms with van der Waals surface area (Å²) in [5, 5.41) is 17.3. The molecule has 0 heterocycles. The third-order valence-corrected chi connectivity index (χ3v) is 1.80. The molecule has 74 valence electrons. The number of aliphatic hydroxyl groups excluding tert-OH is 2. The van der Waals surface area contributed by atoms with Crippen LogP contribution in [0.25, 0.3) is 0 Å². The zero-order valence-corrected chi connectivity index (χ0v) is 8.00. The number of nitrogens with zero attached hydrogens (tertiary/aromatic N) is 1. The molecule has 0 aliphatic heterocycles. The van der Waals surface area contributed by atoms with Crippen LogP contribution in [-0.2, 0) is 0 Å². The van der Waals surface area contributed by atoms with E-state index >= 15 is 0 Å². The van der Waals surface area contributed by atoms with E-state index in [1.165, 1.54) is 0 Å². The molecule has 0 saturated heterocycles. The SMILES string of the molecule is CCCN(CCCO)CCCO. The predicted octanol–water partition coefficient (Wildman–Crippen LogP) is 0.463. The van der Waals surface area contributed by atoms with Gasteiger partial charge in [-0.2, -0.15) is 0 Å². The first kappa shape index (κ1) is 11.9. The molecule has 0 aromatic heterocycles. The minimum absolute atomic E-state index is 0.263. The predicted molar refractivity (Wildman–Crippen MR) is 50.1 cm³/mol. The van der Waals surface area contributed by atoms with Crippen molar-refractivity contribution in [2.24, 2.45) is 0 Å². The van der Waals surface area contributed by atoms with Gasteiger partial charge in [-0.05, 0) is 25.8 Å². The van der Waals surface area contributed by atoms with Crippen molar-refractivity contribution in [1.82, 2.24) is 4.90 Å². The normalized spacial score (nSPS) is 11.0. The van der Waals surface area contributed by atoms with Gasteiger partial charge in [-0.3, -0.25) is 0 Å². The second kappa shape index (κ2) is 8.97. The lowest BCUT2D eigenvalue weighted by Crippen LogP contribution is -2.28. The van der Waals surface area contributed by atoms with E-state index in [9.17, 15) is 0 Å². The average molecular weight is 175 g/mol. The van der Waals surface area contributed by atoms with E-state index in [4.69, 9.17) is 10.2 Å². The summed E-state index contributed by atoms with van der Waals surface area (Å²) >= 11 is 0. The lowest BCUT2D eigenvalue weighted by atomic mass is 10.3. The molecule has 0 aliphatic rings. The van der Waals surface area contributed by atoms with Crippen LogP contribution >= 0.6 is 0 Å². The van der Waals surface area contributed by atoms with Crippen LogP contribution in [0.2, 0.25) is 0 Å². The van der Waals surface area contributed by atoms with E-state index in [0.717, 1.165) is 38.9 Å². The molecule has 0 aromatic rings. The van der Waals surface area contributed by atoms with E-state index in [1.807, 2.05) is 0 Å². The van der Waals surface area contributed by atoms with Crippen LogP contribution in [0.1, 0.15) is 26.2 Å². The van der Waals surface area contributed by atoms with Crippen molar-refractivity contribution in [3.05, 3.63) is 0 Å². The largest absolute Gasteiger partial charge is 0.396 e. The van der Waals surface area contributed by atoms with E-state index in [2.05, 4.69) is 11.8 Å². The minimum atomic E-state index is 0.263. The molecule has 3 nitrogen and oxygen atoms in total. The summed E-state index contributed by atoms with van der Waals surface area (Å²) in [6, 6.07) is 0. The molecule has 0 radical (unpaired) electrons. The molecule has 0 unspecified atom stereocenters. The van der Waals surface area contributed by atoms with Crippen LogP contribution < -0.4 is 0 Å². The van der Waals surface area contributed by atoms with Crippen molar-refractivity contribution in [2.45, 2.75) is 26.2 Å². The van der Waals surface area contributed by atoms with Crippen molar-refractivity contribution in [2.75, 3.05) is 32.8 Å². The summed E-state index contributed by atoms with van der Waals surface area (Å²) in [4.78, 5) is 2.28. The Hall–Kier alpha value is -0.120. The highest BCUT2D eigenvalue weighted by molar-refractivity contribution is 4.56. The third-order valence-electron chi connectivity index (χ3n) is 1.80. The molecule has 0 fully saturated rings. The van der Waals surface area contributed by atoms with Gasteiger partial charge in [0.15, 0.2) is 0 Å². The Labute approximate surface area is 75.0 Å². The summed E-state index contributed by atoms with van der Waals surface area (Å²) < 4.78 is 0. The van der Waals surface area contributed by atoms with Gasteiger partial charge in [-0.15, -0.1) is 0 Å². The van der Waals surface area contributed by atoms with Crippen LogP contribution in [0.4, 0.5) is 0 Å². The van der Waals surface area contributed by atoms with E-state index < -0.39 is 0 Å². The van der Waals surface area contributed by atoms with Gasteiger partial charge in [0.25, 0.3) is 0 Å². The molecule has 0 aromatic carbocycles. The topological polar surface area (TPSA) is 43.7 Å². The fourth-order valence-corrected chi connectivity index (χ4v) is 1.24. The smallest absolute Gasteiger partial charge is 0.0443 e. The van der Waals surface area contributed by atoms with Gasteiger partial charge in [0, 0.05) is 26.3 Å². The Morgan fingerprint density at radius 1 is 0.917 bits per heavy atom. The maximum Gasteiger partial charge on any atom is 0.0443 e. The van der Waals surface area contributed by atoms with Crippen molar-refractivity contribution >= 4 is 0 Å². The quantitative estimate of drug-likeness (QED) is 0.563. The van der Waals surface area contributed by atoms with Gasteiger partial charge in [0.05, 0.1) is 0 Å². The molecule has 0 bridgehead atoms. The maximum absolute atomic E-state index is 8.63. The van der Waals surface area contributed by atoms with Crippen molar-refractivity contribution in [3.63, 3.8) is 0 Å². The maximum atomic E-state index is 8.63. The van der Waals surface area contributed by atoms with Crippen molar-refractivity contribution in [1.29, 1.82) is 0 Å². The van der Waals surface area contributed by atoms with Crippen LogP contribution in [0, 0.1) is 0 Å². The van der Waals surface area contributed by atoms with Crippen molar-refractivity contribution < 1.29 is 10.2 Å². The van der Waals surface area contributed by atoms with Crippen LogP contribution in [-0.4, -0.2) is 48.0 Å². The highest BCUT2D eigenvalue weighted by Gasteiger charge is 2.01. The van der Waals surface area contributed by atoms with Gasteiger partial charge in [-0.1, -0.05) is 6.92 Å². The van der Waals surface area contributed by atoms with Crippen LogP contribution in [0.5, 0.6) is 0 Å². The van der Waals surface area contributed by atoms with E-state index in [1.54, 1.807) is 0 Å². The summed E-state index contributed by atoms with van der Waals surface area (Å²) in [6.45, 7) is 5.64. The molecule has 12 heavy (non-hydrogen) atoms. The molecule has 0 spiro atoms. The van der Waals surface area contributed by atoms with E-state index in [0.29, 0.717) is 0 Å². The zero-order chi connectivity index (χ0) is 9.23. The van der Waals surface area contributed by atoms with Gasteiger partial charge in [0.1, 0.15) is 0 Å². The second-order valence-electron chi connectivity index (χ2n) is 3.00. The molecule has 0 rings (SSSR count). The Morgan fingerprint density at radius 3 is 1.75 bits per heavy atom. The first-order chi connectivity index (χ1) is 5.85. The summed E-state index contributed by atoms with van der Waals surface area (Å²) in [6.07, 6.45) is 2.81. The van der Waals surface area contributed by atoms with E-state index in [-0.39, 0.29) is 13.2 Å². The minimum Gasteiger partial charge on any atom is -0.396 e. The zero-order valence-electron chi connectivity index (χ0n) is 8.00. The third kappa shape index (κ3) is 6.58. The fraction of sp³-hybridized carbons (Fsp3) is 1.00. The number of hydrogen-bond acceptors (Lipinski definition) is 3. The Morgan fingerprint density at radius 2 is 1.42 bits per heavy atom. The molecule has 2 N–H and O–H groups in total. The first-order valence-electron chi connectivity index (χ1n) is 4.79. The average Bonchev–Trinajstić information content (AvgIpc) is 2.10. The molecular weight excluding hydrogens is 154 g/mol. The molecule has 0 amide bonds. The summed E-state index contributed by atoms with van der Waals surface area (Å²) in [7, 11) is 0. The molecule has 0 atom stereocenters. The lowest BCUT2D eigenvalue weighted by molar-refractivity contribution is 0.202. The first-order valence-corrected chi connectivity index (χ1v) is 4.79. The Bertz CT molecular complexity index is 80.6. The Balaban J connectivity index is 3.40. The van der Waals surface area contributed by atoms with Crippen LogP contribution in [0.15, 0.2) is 0 Å². The lowest BCUT2D eigenvalue weighted by Gasteiger charge is -2.20. The number of hydrogen-bond donors (Lipinski definition) is 2. The van der Waals surface area contributed by atoms with Crippen molar-refractivity contribution in [3.8, 4) is 0 Å². The fourth-order valence-electron chi connectivity index (χ4n) is 1.24. The molecule has 0 aliphatic carbocycles. The Kier molecular flexibility index (Phi) is 8.88. The van der Waals surface area contributed by atoms with Crippen LogP contribution in [0.3, 0.4) is 0 Å². The molecular formula is C9H21NO2. The second-order valence-corrected chi connectivity index (χ2v) is 3.00. The monoisotopic (exact) mass is 175 g/mol. The summed E-state index contributed by atoms with van der Waals surface area (Å²) in [5.74, 6) is 0. The van der Waals surface area contributed by atoms with Gasteiger partial charge >= 0.3 is 0 Å². The highest BCUT2D eigenvalue weighted by atomic mass is 16.3. The van der Waals surface area contributed by atoms with Gasteiger partial charge < -0.3 is 15.1 Å². The molecule has 0 saturated carbocycles. The summed E-state index contributed by atoms with van der Waals surface area (Å²) in [5.41, 5.74) is 0. The molecule has 3 heteroatoms.